The highest BCUT2D eigenvalue weighted by Crippen LogP contribution is 2.37. The minimum absolute atomic E-state index is 0.199. The van der Waals surface area contributed by atoms with Crippen LogP contribution in [0.5, 0.6) is 0 Å². The standard InChI is InChI=1S/C33H24ClN3Si/c1-38(2)29-20-8-7-15-25(29)26-18-10-19-28(30(26)38)32-35-31(36-33(34)37-32)27-16-6-5-14-24(27)23-17-9-12-21-11-3-4-13-22(21)23/h3-20H,1-2H3. The molecule has 0 amide bonds. The molecule has 7 rings (SSSR count). The maximum Gasteiger partial charge on any atom is 0.226 e. The highest BCUT2D eigenvalue weighted by atomic mass is 35.5. The summed E-state index contributed by atoms with van der Waals surface area (Å²) in [6.45, 7) is 4.81. The first-order chi connectivity index (χ1) is 18.5. The van der Waals surface area contributed by atoms with E-state index in [1.54, 1.807) is 0 Å². The van der Waals surface area contributed by atoms with Crippen molar-refractivity contribution in [1.82, 2.24) is 15.0 Å². The molecule has 0 N–H and O–H groups in total. The zero-order chi connectivity index (χ0) is 25.9. The van der Waals surface area contributed by atoms with Crippen LogP contribution in [0.15, 0.2) is 109 Å². The number of aromatic nitrogens is 3. The number of hydrogen-bond acceptors (Lipinski definition) is 3. The lowest BCUT2D eigenvalue weighted by molar-refractivity contribution is 1.07. The normalized spacial score (nSPS) is 13.3. The summed E-state index contributed by atoms with van der Waals surface area (Å²) in [4.78, 5) is 14.3. The molecular weight excluding hydrogens is 502 g/mol. The van der Waals surface area contributed by atoms with Gasteiger partial charge in [-0.3, -0.25) is 0 Å². The maximum absolute atomic E-state index is 6.60. The molecule has 38 heavy (non-hydrogen) atoms. The van der Waals surface area contributed by atoms with Crippen molar-refractivity contribution in [3.63, 3.8) is 0 Å². The fraction of sp³-hybridized carbons (Fsp3) is 0.0606. The first kappa shape index (κ1) is 23.0. The minimum Gasteiger partial charge on any atom is -0.208 e. The number of rotatable bonds is 3. The van der Waals surface area contributed by atoms with Crippen molar-refractivity contribution in [1.29, 1.82) is 0 Å². The molecule has 0 aliphatic carbocycles. The molecule has 182 valence electrons. The SMILES string of the molecule is C[Si]1(C)c2ccccc2-c2cccc(-c3nc(Cl)nc(-c4ccccc4-c4cccc5ccccc45)n3)c21. The molecule has 1 aliphatic rings. The van der Waals surface area contributed by atoms with Crippen LogP contribution in [0.3, 0.4) is 0 Å². The zero-order valence-electron chi connectivity index (χ0n) is 21.1. The van der Waals surface area contributed by atoms with E-state index >= 15 is 0 Å². The summed E-state index contributed by atoms with van der Waals surface area (Å²) in [6, 6.07) is 38.3. The van der Waals surface area contributed by atoms with Gasteiger partial charge in [-0.15, -0.1) is 0 Å². The van der Waals surface area contributed by atoms with Gasteiger partial charge in [-0.1, -0.05) is 122 Å². The van der Waals surface area contributed by atoms with E-state index in [4.69, 9.17) is 16.6 Å². The Balaban J connectivity index is 1.43. The largest absolute Gasteiger partial charge is 0.226 e. The zero-order valence-corrected chi connectivity index (χ0v) is 22.9. The highest BCUT2D eigenvalue weighted by molar-refractivity contribution is 7.04. The number of benzene rings is 5. The van der Waals surface area contributed by atoms with E-state index in [9.17, 15) is 0 Å². The summed E-state index contributed by atoms with van der Waals surface area (Å²) in [5, 5.41) is 5.39. The topological polar surface area (TPSA) is 38.7 Å². The van der Waals surface area contributed by atoms with Gasteiger partial charge >= 0.3 is 0 Å². The molecule has 1 aliphatic heterocycles. The van der Waals surface area contributed by atoms with Crippen LogP contribution in [0.1, 0.15) is 0 Å². The molecule has 1 aromatic heterocycles. The van der Waals surface area contributed by atoms with E-state index in [1.807, 2.05) is 6.07 Å². The first-order valence-corrected chi connectivity index (χ1v) is 16.1. The lowest BCUT2D eigenvalue weighted by Gasteiger charge is -2.21. The lowest BCUT2D eigenvalue weighted by atomic mass is 9.94. The molecule has 0 spiro atoms. The second-order valence-corrected chi connectivity index (χ2v) is 14.8. The third-order valence-electron chi connectivity index (χ3n) is 7.68. The molecular formula is C33H24ClN3Si. The number of halogens is 1. The van der Waals surface area contributed by atoms with Crippen molar-refractivity contribution >= 4 is 40.8 Å². The van der Waals surface area contributed by atoms with Gasteiger partial charge < -0.3 is 0 Å². The van der Waals surface area contributed by atoms with Gasteiger partial charge in [0.25, 0.3) is 0 Å². The van der Waals surface area contributed by atoms with Gasteiger partial charge in [0.1, 0.15) is 8.07 Å². The number of hydrogen-bond donors (Lipinski definition) is 0. The van der Waals surface area contributed by atoms with Gasteiger partial charge in [0.05, 0.1) is 0 Å². The van der Waals surface area contributed by atoms with Crippen molar-refractivity contribution < 1.29 is 0 Å². The maximum atomic E-state index is 6.60. The monoisotopic (exact) mass is 525 g/mol. The number of fused-ring (bicyclic) bond motifs is 4. The van der Waals surface area contributed by atoms with Gasteiger partial charge in [0.2, 0.25) is 5.28 Å². The van der Waals surface area contributed by atoms with E-state index in [0.29, 0.717) is 11.6 Å². The van der Waals surface area contributed by atoms with Crippen molar-refractivity contribution in [3.8, 4) is 45.0 Å². The quantitative estimate of drug-likeness (QED) is 0.225. The van der Waals surface area contributed by atoms with E-state index in [-0.39, 0.29) is 5.28 Å². The van der Waals surface area contributed by atoms with Crippen LogP contribution in [0.4, 0.5) is 0 Å². The Kier molecular flexibility index (Phi) is 5.29. The Labute approximate surface area is 227 Å². The molecule has 0 unspecified atom stereocenters. The van der Waals surface area contributed by atoms with E-state index in [1.165, 1.54) is 32.3 Å². The molecule has 0 saturated heterocycles. The fourth-order valence-electron chi connectivity index (χ4n) is 6.00. The lowest BCUT2D eigenvalue weighted by Crippen LogP contribution is -2.50. The predicted octanol–water partition coefficient (Wildman–Crippen LogP) is 7.48. The van der Waals surface area contributed by atoms with Crippen LogP contribution in [-0.2, 0) is 0 Å². The molecule has 5 heteroatoms. The summed E-state index contributed by atoms with van der Waals surface area (Å²) < 4.78 is 0. The predicted molar refractivity (Wildman–Crippen MR) is 161 cm³/mol. The summed E-state index contributed by atoms with van der Waals surface area (Å²) >= 11 is 6.60. The van der Waals surface area contributed by atoms with Gasteiger partial charge in [-0.2, -0.15) is 9.97 Å². The molecule has 0 saturated carbocycles. The highest BCUT2D eigenvalue weighted by Gasteiger charge is 2.39. The number of nitrogens with zero attached hydrogens (tertiary/aromatic N) is 3. The van der Waals surface area contributed by atoms with Gasteiger partial charge in [0, 0.05) is 11.1 Å². The van der Waals surface area contributed by atoms with Crippen LogP contribution < -0.4 is 10.4 Å². The summed E-state index contributed by atoms with van der Waals surface area (Å²) in [5.41, 5.74) is 6.79. The molecule has 0 fully saturated rings. The third-order valence-corrected chi connectivity index (χ3v) is 11.4. The van der Waals surface area contributed by atoms with Crippen molar-refractivity contribution in [3.05, 3.63) is 114 Å². The fourth-order valence-corrected chi connectivity index (χ4v) is 9.59. The molecule has 0 atom stereocenters. The Morgan fingerprint density at radius 1 is 0.500 bits per heavy atom. The van der Waals surface area contributed by atoms with Crippen molar-refractivity contribution in [2.24, 2.45) is 0 Å². The average Bonchev–Trinajstić information content (AvgIpc) is 3.19. The molecule has 6 aromatic rings. The molecule has 0 radical (unpaired) electrons. The molecule has 0 bridgehead atoms. The van der Waals surface area contributed by atoms with E-state index in [0.717, 1.165) is 22.3 Å². The van der Waals surface area contributed by atoms with Gasteiger partial charge in [-0.05, 0) is 55.0 Å². The first-order valence-electron chi connectivity index (χ1n) is 12.8. The third kappa shape index (κ3) is 3.52. The van der Waals surface area contributed by atoms with Crippen LogP contribution in [0, 0.1) is 0 Å². The Morgan fingerprint density at radius 3 is 1.89 bits per heavy atom. The Bertz CT molecular complexity index is 1870. The average molecular weight is 526 g/mol. The Hall–Kier alpha value is -4.12. The molecule has 2 heterocycles. The summed E-state index contributed by atoms with van der Waals surface area (Å²) in [7, 11) is -1.96. The Morgan fingerprint density at radius 2 is 1.05 bits per heavy atom. The van der Waals surface area contributed by atoms with Crippen LogP contribution in [-0.4, -0.2) is 23.0 Å². The van der Waals surface area contributed by atoms with Gasteiger partial charge in [-0.25, -0.2) is 4.98 Å². The molecule has 5 aromatic carbocycles. The van der Waals surface area contributed by atoms with Gasteiger partial charge in [0.15, 0.2) is 11.6 Å². The molecule has 3 nitrogen and oxygen atoms in total. The van der Waals surface area contributed by atoms with Crippen molar-refractivity contribution in [2.75, 3.05) is 0 Å². The van der Waals surface area contributed by atoms with Crippen LogP contribution in [0.25, 0.3) is 55.8 Å². The summed E-state index contributed by atoms with van der Waals surface area (Å²) in [5.74, 6) is 1.20. The second-order valence-electron chi connectivity index (χ2n) is 10.2. The minimum atomic E-state index is -1.96. The summed E-state index contributed by atoms with van der Waals surface area (Å²) in [6.07, 6.45) is 0. The van der Waals surface area contributed by atoms with Crippen LogP contribution in [0.2, 0.25) is 18.4 Å². The van der Waals surface area contributed by atoms with E-state index in [2.05, 4.69) is 126 Å². The van der Waals surface area contributed by atoms with Crippen molar-refractivity contribution in [2.45, 2.75) is 13.1 Å². The van der Waals surface area contributed by atoms with Crippen LogP contribution >= 0.6 is 11.6 Å². The second kappa shape index (κ2) is 8.73. The van der Waals surface area contributed by atoms with E-state index < -0.39 is 8.07 Å². The smallest absolute Gasteiger partial charge is 0.208 e.